The zero-order valence-electron chi connectivity index (χ0n) is 14.3. The van der Waals surface area contributed by atoms with E-state index in [4.69, 9.17) is 32.7 Å². The molecule has 0 spiro atoms. The number of rotatable bonds is 3. The predicted molar refractivity (Wildman–Crippen MR) is 107 cm³/mol. The van der Waals surface area contributed by atoms with Gasteiger partial charge < -0.3 is 9.47 Å². The Morgan fingerprint density at radius 3 is 2.36 bits per heavy atom. The molecule has 0 fully saturated rings. The van der Waals surface area contributed by atoms with E-state index in [9.17, 15) is 9.59 Å². The number of ketones is 1. The van der Waals surface area contributed by atoms with Crippen LogP contribution < -0.4 is 9.47 Å². The molecular formula is C22H12Cl2O4. The van der Waals surface area contributed by atoms with Gasteiger partial charge in [-0.05, 0) is 42.5 Å². The van der Waals surface area contributed by atoms with Gasteiger partial charge in [-0.25, -0.2) is 4.79 Å². The Morgan fingerprint density at radius 2 is 1.64 bits per heavy atom. The Morgan fingerprint density at radius 1 is 0.929 bits per heavy atom. The maximum atomic E-state index is 12.6. The number of hydrogen-bond donors (Lipinski definition) is 0. The topological polar surface area (TPSA) is 52.6 Å². The fourth-order valence-corrected chi connectivity index (χ4v) is 3.26. The van der Waals surface area contributed by atoms with Crippen LogP contribution in [0.5, 0.6) is 11.5 Å². The van der Waals surface area contributed by atoms with Gasteiger partial charge in [0.05, 0.1) is 11.1 Å². The largest absolute Gasteiger partial charge is 0.452 e. The van der Waals surface area contributed by atoms with Crippen molar-refractivity contribution in [2.24, 2.45) is 0 Å². The molecule has 1 aliphatic heterocycles. The second kappa shape index (κ2) is 7.50. The minimum absolute atomic E-state index is 0.0940. The number of ether oxygens (including phenoxy) is 2. The van der Waals surface area contributed by atoms with Gasteiger partial charge in [-0.15, -0.1) is 0 Å². The van der Waals surface area contributed by atoms with Crippen molar-refractivity contribution >= 4 is 41.0 Å². The first-order valence-electron chi connectivity index (χ1n) is 8.32. The number of benzene rings is 3. The Kier molecular flexibility index (Phi) is 4.90. The molecule has 6 heteroatoms. The summed E-state index contributed by atoms with van der Waals surface area (Å²) >= 11 is 12.3. The van der Waals surface area contributed by atoms with Crippen molar-refractivity contribution < 1.29 is 19.1 Å². The summed E-state index contributed by atoms with van der Waals surface area (Å²) in [5, 5.41) is 0.815. The standard InChI is InChI=1S/C22H12Cl2O4/c23-17-7-4-8-18(24)16(17)12-20-21(25)15-10-9-14(11-19(15)28-20)27-22(26)13-5-2-1-3-6-13/h1-12H/b20-12+. The molecule has 4 rings (SSSR count). The lowest BCUT2D eigenvalue weighted by atomic mass is 10.1. The third-order valence-electron chi connectivity index (χ3n) is 4.14. The van der Waals surface area contributed by atoms with E-state index in [-0.39, 0.29) is 17.3 Å². The molecule has 4 nitrogen and oxygen atoms in total. The number of carbonyl (C=O) groups is 2. The van der Waals surface area contributed by atoms with Crippen LogP contribution in [0.15, 0.2) is 72.5 Å². The molecule has 0 atom stereocenters. The van der Waals surface area contributed by atoms with E-state index in [2.05, 4.69) is 0 Å². The molecule has 28 heavy (non-hydrogen) atoms. The number of hydrogen-bond acceptors (Lipinski definition) is 4. The molecule has 0 aliphatic carbocycles. The highest BCUT2D eigenvalue weighted by Gasteiger charge is 2.28. The highest BCUT2D eigenvalue weighted by atomic mass is 35.5. The van der Waals surface area contributed by atoms with Gasteiger partial charge in [-0.2, -0.15) is 0 Å². The molecule has 0 saturated heterocycles. The lowest BCUT2D eigenvalue weighted by Crippen LogP contribution is -2.08. The van der Waals surface area contributed by atoms with Gasteiger partial charge in [0.1, 0.15) is 11.5 Å². The molecule has 0 aromatic heterocycles. The Labute approximate surface area is 170 Å². The van der Waals surface area contributed by atoms with Crippen LogP contribution in [0.2, 0.25) is 10.0 Å². The first-order valence-corrected chi connectivity index (χ1v) is 9.08. The van der Waals surface area contributed by atoms with Crippen LogP contribution in [0, 0.1) is 0 Å². The zero-order chi connectivity index (χ0) is 19.7. The number of Topliss-reactive ketones (excluding diaryl/α,β-unsaturated/α-hetero) is 1. The number of fused-ring (bicyclic) bond motifs is 1. The molecule has 0 bridgehead atoms. The summed E-state index contributed by atoms with van der Waals surface area (Å²) < 4.78 is 11.0. The summed E-state index contributed by atoms with van der Waals surface area (Å²) in [7, 11) is 0. The van der Waals surface area contributed by atoms with Gasteiger partial charge in [-0.3, -0.25) is 4.79 Å². The molecule has 0 amide bonds. The van der Waals surface area contributed by atoms with E-state index in [0.717, 1.165) is 0 Å². The Hall–Kier alpha value is -3.08. The minimum Gasteiger partial charge on any atom is -0.452 e. The third kappa shape index (κ3) is 3.52. The van der Waals surface area contributed by atoms with Crippen LogP contribution in [0.3, 0.4) is 0 Å². The van der Waals surface area contributed by atoms with Crippen LogP contribution in [-0.2, 0) is 0 Å². The van der Waals surface area contributed by atoms with Gasteiger partial charge in [0.2, 0.25) is 5.78 Å². The van der Waals surface area contributed by atoms with E-state index in [1.165, 1.54) is 12.1 Å². The molecule has 3 aromatic carbocycles. The van der Waals surface area contributed by atoms with Crippen molar-refractivity contribution in [1.29, 1.82) is 0 Å². The van der Waals surface area contributed by atoms with Gasteiger partial charge in [0.15, 0.2) is 5.76 Å². The summed E-state index contributed by atoms with van der Waals surface area (Å²) in [6, 6.07) is 18.3. The highest BCUT2D eigenvalue weighted by molar-refractivity contribution is 6.37. The first kappa shape index (κ1) is 18.3. The average molecular weight is 411 g/mol. The lowest BCUT2D eigenvalue weighted by Gasteiger charge is -2.05. The van der Waals surface area contributed by atoms with Crippen LogP contribution in [0.25, 0.3) is 6.08 Å². The lowest BCUT2D eigenvalue weighted by molar-refractivity contribution is 0.0734. The van der Waals surface area contributed by atoms with Crippen molar-refractivity contribution in [2.75, 3.05) is 0 Å². The van der Waals surface area contributed by atoms with Gasteiger partial charge in [-0.1, -0.05) is 47.5 Å². The molecule has 0 N–H and O–H groups in total. The quantitative estimate of drug-likeness (QED) is 0.309. The van der Waals surface area contributed by atoms with Crippen LogP contribution in [0.1, 0.15) is 26.3 Å². The van der Waals surface area contributed by atoms with Crippen molar-refractivity contribution in [1.82, 2.24) is 0 Å². The zero-order valence-corrected chi connectivity index (χ0v) is 15.8. The van der Waals surface area contributed by atoms with Crippen molar-refractivity contribution in [3.05, 3.63) is 99.2 Å². The average Bonchev–Trinajstić information content (AvgIpc) is 3.00. The van der Waals surface area contributed by atoms with E-state index in [1.807, 2.05) is 6.07 Å². The fraction of sp³-hybridized carbons (Fsp3) is 0. The first-order chi connectivity index (χ1) is 13.5. The number of halogens is 2. The Balaban J connectivity index is 1.60. The molecular weight excluding hydrogens is 399 g/mol. The highest BCUT2D eigenvalue weighted by Crippen LogP contribution is 2.36. The molecule has 3 aromatic rings. The summed E-state index contributed by atoms with van der Waals surface area (Å²) in [4.78, 5) is 24.8. The maximum Gasteiger partial charge on any atom is 0.343 e. The van der Waals surface area contributed by atoms with Crippen molar-refractivity contribution in [3.63, 3.8) is 0 Å². The molecule has 1 heterocycles. The third-order valence-corrected chi connectivity index (χ3v) is 4.80. The molecule has 1 aliphatic rings. The molecule has 0 unspecified atom stereocenters. The van der Waals surface area contributed by atoms with Crippen molar-refractivity contribution in [3.8, 4) is 11.5 Å². The van der Waals surface area contributed by atoms with E-state index >= 15 is 0 Å². The van der Waals surface area contributed by atoms with E-state index in [1.54, 1.807) is 54.6 Å². The predicted octanol–water partition coefficient (Wildman–Crippen LogP) is 5.83. The summed E-state index contributed by atoms with van der Waals surface area (Å²) in [6.45, 7) is 0. The van der Waals surface area contributed by atoms with Crippen molar-refractivity contribution in [2.45, 2.75) is 0 Å². The normalized spacial score (nSPS) is 13.9. The van der Waals surface area contributed by atoms with Crippen LogP contribution in [0.4, 0.5) is 0 Å². The smallest absolute Gasteiger partial charge is 0.343 e. The molecule has 0 radical (unpaired) electrons. The van der Waals surface area contributed by atoms with Crippen LogP contribution in [-0.4, -0.2) is 11.8 Å². The SMILES string of the molecule is O=C(Oc1ccc2c(c1)O/C(=C/c1c(Cl)cccc1Cl)C2=O)c1ccccc1. The second-order valence-corrected chi connectivity index (χ2v) is 6.80. The Bertz CT molecular complexity index is 1100. The number of carbonyl (C=O) groups excluding carboxylic acids is 2. The van der Waals surface area contributed by atoms with Gasteiger partial charge >= 0.3 is 5.97 Å². The summed E-state index contributed by atoms with van der Waals surface area (Å²) in [5.74, 6) is -0.123. The molecule has 138 valence electrons. The van der Waals surface area contributed by atoms with E-state index in [0.29, 0.717) is 32.5 Å². The second-order valence-electron chi connectivity index (χ2n) is 5.99. The maximum absolute atomic E-state index is 12.6. The summed E-state index contributed by atoms with van der Waals surface area (Å²) in [6.07, 6.45) is 1.50. The van der Waals surface area contributed by atoms with E-state index < -0.39 is 5.97 Å². The fourth-order valence-electron chi connectivity index (χ4n) is 2.75. The van der Waals surface area contributed by atoms with Crippen LogP contribution >= 0.6 is 23.2 Å². The molecule has 0 saturated carbocycles. The number of esters is 1. The number of allylic oxidation sites excluding steroid dienone is 1. The van der Waals surface area contributed by atoms with Gasteiger partial charge in [0, 0.05) is 21.7 Å². The summed E-state index contributed by atoms with van der Waals surface area (Å²) in [5.41, 5.74) is 1.29. The van der Waals surface area contributed by atoms with Gasteiger partial charge in [0.25, 0.3) is 0 Å². The monoisotopic (exact) mass is 410 g/mol. The minimum atomic E-state index is -0.497.